The molecule has 140 valence electrons. The predicted molar refractivity (Wildman–Crippen MR) is 97.4 cm³/mol. The van der Waals surface area contributed by atoms with Crippen LogP contribution in [-0.2, 0) is 4.74 Å². The average molecular weight is 384 g/mol. The third-order valence-electron chi connectivity index (χ3n) is 3.84. The fourth-order valence-electron chi connectivity index (χ4n) is 2.51. The number of pyridine rings is 1. The summed E-state index contributed by atoms with van der Waals surface area (Å²) in [5, 5.41) is 14.8. The molecule has 9 heteroatoms. The molecule has 1 aromatic heterocycles. The largest absolute Gasteiger partial charge is 0.494 e. The van der Waals surface area contributed by atoms with Crippen molar-refractivity contribution in [2.75, 3.05) is 26.1 Å². The van der Waals surface area contributed by atoms with Gasteiger partial charge in [0.1, 0.15) is 0 Å². The van der Waals surface area contributed by atoms with E-state index in [-0.39, 0.29) is 39.4 Å². The molecule has 0 radical (unpaired) electrons. The van der Waals surface area contributed by atoms with Gasteiger partial charge in [-0.3, -0.25) is 10.1 Å². The minimum Gasteiger partial charge on any atom is -0.494 e. The van der Waals surface area contributed by atoms with Gasteiger partial charge >= 0.3 is 5.69 Å². The van der Waals surface area contributed by atoms with Crippen LogP contribution < -0.4 is 10.1 Å². The SMILES string of the molecule is CCC(COC)Nc1nccc(-c2cc(F)c(OC)cc2Cl)c1[N+](=O)[O-]. The number of rotatable bonds is 8. The fraction of sp³-hybridized carbons (Fsp3) is 0.353. The number of nitro groups is 1. The van der Waals surface area contributed by atoms with Gasteiger partial charge in [0.15, 0.2) is 11.6 Å². The van der Waals surface area contributed by atoms with Crippen molar-refractivity contribution < 1.29 is 18.8 Å². The van der Waals surface area contributed by atoms with Crippen molar-refractivity contribution in [2.24, 2.45) is 0 Å². The highest BCUT2D eigenvalue weighted by Gasteiger charge is 2.26. The van der Waals surface area contributed by atoms with Crippen LogP contribution in [0.1, 0.15) is 13.3 Å². The summed E-state index contributed by atoms with van der Waals surface area (Å²) in [4.78, 5) is 15.2. The van der Waals surface area contributed by atoms with E-state index in [1.807, 2.05) is 6.92 Å². The zero-order chi connectivity index (χ0) is 19.3. The third-order valence-corrected chi connectivity index (χ3v) is 4.15. The Bertz CT molecular complexity index is 804. The molecule has 1 atom stereocenters. The van der Waals surface area contributed by atoms with E-state index in [1.165, 1.54) is 25.4 Å². The molecule has 0 spiro atoms. The van der Waals surface area contributed by atoms with Crippen LogP contribution >= 0.6 is 11.6 Å². The lowest BCUT2D eigenvalue weighted by Crippen LogP contribution is -2.25. The van der Waals surface area contributed by atoms with Crippen LogP contribution in [0.15, 0.2) is 24.4 Å². The number of anilines is 1. The van der Waals surface area contributed by atoms with Crippen LogP contribution in [0.5, 0.6) is 5.75 Å². The molecule has 0 saturated heterocycles. The van der Waals surface area contributed by atoms with Gasteiger partial charge < -0.3 is 14.8 Å². The minimum atomic E-state index is -0.668. The molecule has 2 aromatic rings. The van der Waals surface area contributed by atoms with Crippen LogP contribution in [0.25, 0.3) is 11.1 Å². The highest BCUT2D eigenvalue weighted by molar-refractivity contribution is 6.33. The first-order chi connectivity index (χ1) is 12.4. The normalized spacial score (nSPS) is 11.9. The summed E-state index contributed by atoms with van der Waals surface area (Å²) in [6.45, 7) is 2.28. The number of aromatic nitrogens is 1. The minimum absolute atomic E-state index is 0.0417. The molecule has 1 aromatic carbocycles. The maximum Gasteiger partial charge on any atom is 0.319 e. The Kier molecular flexibility index (Phi) is 6.70. The molecule has 1 unspecified atom stereocenters. The van der Waals surface area contributed by atoms with Crippen molar-refractivity contribution in [1.29, 1.82) is 0 Å². The van der Waals surface area contributed by atoms with Gasteiger partial charge in [-0.05, 0) is 18.6 Å². The van der Waals surface area contributed by atoms with Crippen molar-refractivity contribution in [2.45, 2.75) is 19.4 Å². The van der Waals surface area contributed by atoms with Gasteiger partial charge in [0.25, 0.3) is 0 Å². The van der Waals surface area contributed by atoms with Gasteiger partial charge in [0, 0.05) is 24.9 Å². The monoisotopic (exact) mass is 383 g/mol. The zero-order valence-electron chi connectivity index (χ0n) is 14.6. The summed E-state index contributed by atoms with van der Waals surface area (Å²) < 4.78 is 24.1. The number of ether oxygens (including phenoxy) is 2. The maximum absolute atomic E-state index is 14.1. The Balaban J connectivity index is 2.58. The van der Waals surface area contributed by atoms with E-state index < -0.39 is 10.7 Å². The van der Waals surface area contributed by atoms with E-state index >= 15 is 0 Å². The van der Waals surface area contributed by atoms with Crippen LogP contribution in [0, 0.1) is 15.9 Å². The molecule has 1 heterocycles. The van der Waals surface area contributed by atoms with Crippen molar-refractivity contribution >= 4 is 23.1 Å². The first kappa shape index (κ1) is 19.9. The number of nitrogens with one attached hydrogen (secondary N) is 1. The Morgan fingerprint density at radius 2 is 2.12 bits per heavy atom. The molecule has 0 aliphatic rings. The maximum atomic E-state index is 14.1. The molecule has 26 heavy (non-hydrogen) atoms. The molecule has 0 saturated carbocycles. The summed E-state index contributed by atoms with van der Waals surface area (Å²) in [7, 11) is 2.86. The molecular formula is C17H19ClFN3O4. The van der Waals surface area contributed by atoms with Crippen LogP contribution in [0.2, 0.25) is 5.02 Å². The number of benzene rings is 1. The number of hydrogen-bond acceptors (Lipinski definition) is 6. The molecule has 0 aliphatic heterocycles. The Hall–Kier alpha value is -2.45. The van der Waals surface area contributed by atoms with E-state index in [4.69, 9.17) is 21.1 Å². The topological polar surface area (TPSA) is 86.5 Å². The summed E-state index contributed by atoms with van der Waals surface area (Å²) in [6, 6.07) is 3.65. The summed E-state index contributed by atoms with van der Waals surface area (Å²) in [5.74, 6) is -0.637. The predicted octanol–water partition coefficient (Wildman–Crippen LogP) is 4.29. The van der Waals surface area contributed by atoms with Crippen molar-refractivity contribution in [3.05, 3.63) is 45.4 Å². The van der Waals surface area contributed by atoms with Crippen LogP contribution in [-0.4, -0.2) is 36.8 Å². The Labute approximate surface area is 155 Å². The van der Waals surface area contributed by atoms with Gasteiger partial charge in [0.2, 0.25) is 5.82 Å². The second-order valence-electron chi connectivity index (χ2n) is 5.48. The highest BCUT2D eigenvalue weighted by Crippen LogP contribution is 2.40. The third kappa shape index (κ3) is 4.20. The second kappa shape index (κ2) is 8.77. The molecule has 2 rings (SSSR count). The number of methoxy groups -OCH3 is 2. The lowest BCUT2D eigenvalue weighted by Gasteiger charge is -2.17. The van der Waals surface area contributed by atoms with E-state index in [9.17, 15) is 14.5 Å². The molecule has 7 nitrogen and oxygen atoms in total. The van der Waals surface area contributed by atoms with Gasteiger partial charge in [-0.1, -0.05) is 18.5 Å². The van der Waals surface area contributed by atoms with Crippen molar-refractivity contribution in [3.8, 4) is 16.9 Å². The zero-order valence-corrected chi connectivity index (χ0v) is 15.3. The van der Waals surface area contributed by atoms with Crippen molar-refractivity contribution in [1.82, 2.24) is 4.98 Å². The molecule has 0 fully saturated rings. The van der Waals surface area contributed by atoms with Gasteiger partial charge in [-0.25, -0.2) is 9.37 Å². The highest BCUT2D eigenvalue weighted by atomic mass is 35.5. The smallest absolute Gasteiger partial charge is 0.319 e. The molecule has 0 aliphatic carbocycles. The number of nitrogens with zero attached hydrogens (tertiary/aromatic N) is 2. The lowest BCUT2D eigenvalue weighted by atomic mass is 10.0. The van der Waals surface area contributed by atoms with Crippen LogP contribution in [0.3, 0.4) is 0 Å². The molecule has 1 N–H and O–H groups in total. The Morgan fingerprint density at radius 3 is 2.69 bits per heavy atom. The number of hydrogen-bond donors (Lipinski definition) is 1. The Morgan fingerprint density at radius 1 is 1.38 bits per heavy atom. The van der Waals surface area contributed by atoms with Crippen molar-refractivity contribution in [3.63, 3.8) is 0 Å². The van der Waals surface area contributed by atoms with E-state index in [1.54, 1.807) is 7.11 Å². The molecule has 0 bridgehead atoms. The van der Waals surface area contributed by atoms with Gasteiger partial charge in [-0.2, -0.15) is 0 Å². The average Bonchev–Trinajstić information content (AvgIpc) is 2.62. The fourth-order valence-corrected chi connectivity index (χ4v) is 2.76. The van der Waals surface area contributed by atoms with Crippen LogP contribution in [0.4, 0.5) is 15.9 Å². The first-order valence-electron chi connectivity index (χ1n) is 7.85. The number of halogens is 2. The summed E-state index contributed by atoms with van der Waals surface area (Å²) >= 11 is 6.20. The summed E-state index contributed by atoms with van der Waals surface area (Å²) in [6.07, 6.45) is 2.08. The summed E-state index contributed by atoms with van der Waals surface area (Å²) in [5.41, 5.74) is 0.0572. The quantitative estimate of drug-likeness (QED) is 0.540. The standard InChI is InChI=1S/C17H19ClFN3O4/c1-4-10(9-25-2)21-17-16(22(23)24)11(5-6-20-17)12-7-14(19)15(26-3)8-13(12)18/h5-8,10H,4,9H2,1-3H3,(H,20,21). The van der Waals surface area contributed by atoms with E-state index in [2.05, 4.69) is 10.3 Å². The second-order valence-corrected chi connectivity index (χ2v) is 5.89. The van der Waals surface area contributed by atoms with Gasteiger partial charge in [0.05, 0.1) is 35.3 Å². The van der Waals surface area contributed by atoms with Gasteiger partial charge in [-0.15, -0.1) is 0 Å². The lowest BCUT2D eigenvalue weighted by molar-refractivity contribution is -0.383. The first-order valence-corrected chi connectivity index (χ1v) is 8.22. The molecule has 0 amide bonds. The van der Waals surface area contributed by atoms with E-state index in [0.717, 1.165) is 6.07 Å². The molecular weight excluding hydrogens is 365 g/mol. The van der Waals surface area contributed by atoms with E-state index in [0.29, 0.717) is 13.0 Å².